The van der Waals surface area contributed by atoms with Crippen LogP contribution in [0, 0.1) is 0 Å². The standard InChI is InChI=1S/C17H15N3O3/c1-23-14-8-4-11(5-9-14)15-10-16(20-19-15)18-13-6-2-12(3-7-13)17(21)22/h2-10H,1H3,(H,21,22)(H2,18,19,20). The number of hydrogen-bond donors (Lipinski definition) is 3. The molecule has 0 bridgehead atoms. The number of aromatic nitrogens is 2. The van der Waals surface area contributed by atoms with Crippen molar-refractivity contribution >= 4 is 17.5 Å². The van der Waals surface area contributed by atoms with Gasteiger partial charge in [-0.1, -0.05) is 0 Å². The Morgan fingerprint density at radius 1 is 1.13 bits per heavy atom. The monoisotopic (exact) mass is 309 g/mol. The summed E-state index contributed by atoms with van der Waals surface area (Å²) in [5.41, 5.74) is 2.88. The van der Waals surface area contributed by atoms with Crippen molar-refractivity contribution in [2.75, 3.05) is 12.4 Å². The Hall–Kier alpha value is -3.28. The number of nitrogens with one attached hydrogen (secondary N) is 2. The molecule has 1 heterocycles. The van der Waals surface area contributed by atoms with E-state index in [-0.39, 0.29) is 5.56 Å². The van der Waals surface area contributed by atoms with Crippen LogP contribution in [0.5, 0.6) is 5.75 Å². The molecule has 0 aliphatic heterocycles. The fraction of sp³-hybridized carbons (Fsp3) is 0.0588. The number of carbonyl (C=O) groups is 1. The second kappa shape index (κ2) is 6.23. The maximum absolute atomic E-state index is 10.8. The molecule has 6 heteroatoms. The van der Waals surface area contributed by atoms with E-state index in [9.17, 15) is 4.79 Å². The van der Waals surface area contributed by atoms with E-state index in [4.69, 9.17) is 9.84 Å². The number of H-pyrrole nitrogens is 1. The summed E-state index contributed by atoms with van der Waals surface area (Å²) in [5, 5.41) is 19.2. The molecule has 0 amide bonds. The van der Waals surface area contributed by atoms with Crippen molar-refractivity contribution in [2.45, 2.75) is 0 Å². The highest BCUT2D eigenvalue weighted by Gasteiger charge is 2.06. The molecule has 0 saturated carbocycles. The Balaban J connectivity index is 1.74. The van der Waals surface area contributed by atoms with Crippen LogP contribution in [0.4, 0.5) is 11.5 Å². The molecule has 116 valence electrons. The largest absolute Gasteiger partial charge is 0.497 e. The van der Waals surface area contributed by atoms with E-state index in [1.807, 2.05) is 30.3 Å². The van der Waals surface area contributed by atoms with Gasteiger partial charge in [0.05, 0.1) is 18.4 Å². The quantitative estimate of drug-likeness (QED) is 0.671. The summed E-state index contributed by atoms with van der Waals surface area (Å²) in [7, 11) is 1.63. The lowest BCUT2D eigenvalue weighted by molar-refractivity contribution is 0.0697. The van der Waals surface area contributed by atoms with Gasteiger partial charge in [0.15, 0.2) is 5.82 Å². The summed E-state index contributed by atoms with van der Waals surface area (Å²) in [4.78, 5) is 10.8. The average molecular weight is 309 g/mol. The van der Waals surface area contributed by atoms with Crippen LogP contribution >= 0.6 is 0 Å². The van der Waals surface area contributed by atoms with Gasteiger partial charge in [0.25, 0.3) is 0 Å². The molecule has 0 radical (unpaired) electrons. The summed E-state index contributed by atoms with van der Waals surface area (Å²) in [6.07, 6.45) is 0. The second-order valence-electron chi connectivity index (χ2n) is 4.90. The third kappa shape index (κ3) is 3.32. The first kappa shape index (κ1) is 14.6. The van der Waals surface area contributed by atoms with Crippen molar-refractivity contribution in [1.82, 2.24) is 10.2 Å². The van der Waals surface area contributed by atoms with Crippen LogP contribution in [0.15, 0.2) is 54.6 Å². The fourth-order valence-electron chi connectivity index (χ4n) is 2.15. The zero-order valence-corrected chi connectivity index (χ0v) is 12.4. The van der Waals surface area contributed by atoms with Crippen LogP contribution in [0.1, 0.15) is 10.4 Å². The number of benzene rings is 2. The number of anilines is 2. The Morgan fingerprint density at radius 3 is 2.43 bits per heavy atom. The minimum atomic E-state index is -0.946. The Morgan fingerprint density at radius 2 is 1.83 bits per heavy atom. The van der Waals surface area contributed by atoms with Crippen molar-refractivity contribution in [2.24, 2.45) is 0 Å². The van der Waals surface area contributed by atoms with Gasteiger partial charge in [-0.3, -0.25) is 5.10 Å². The number of methoxy groups -OCH3 is 1. The summed E-state index contributed by atoms with van der Waals surface area (Å²) in [6, 6.07) is 16.0. The van der Waals surface area contributed by atoms with E-state index in [0.29, 0.717) is 5.82 Å². The summed E-state index contributed by atoms with van der Waals surface area (Å²) in [6.45, 7) is 0. The predicted octanol–water partition coefficient (Wildman–Crippen LogP) is 3.53. The van der Waals surface area contributed by atoms with Gasteiger partial charge in [0, 0.05) is 11.8 Å². The van der Waals surface area contributed by atoms with Crippen LogP contribution in [0.3, 0.4) is 0 Å². The van der Waals surface area contributed by atoms with Gasteiger partial charge in [-0.25, -0.2) is 4.79 Å². The lowest BCUT2D eigenvalue weighted by Crippen LogP contribution is -1.96. The SMILES string of the molecule is COc1ccc(-c2cc(Nc3ccc(C(=O)O)cc3)n[nH]2)cc1. The molecule has 0 saturated heterocycles. The van der Waals surface area contributed by atoms with Crippen LogP contribution in [-0.4, -0.2) is 28.4 Å². The van der Waals surface area contributed by atoms with Crippen molar-refractivity contribution in [3.05, 3.63) is 60.2 Å². The Kier molecular flexibility index (Phi) is 3.97. The van der Waals surface area contributed by atoms with Gasteiger partial charge < -0.3 is 15.2 Å². The summed E-state index contributed by atoms with van der Waals surface area (Å²) < 4.78 is 5.14. The van der Waals surface area contributed by atoms with E-state index >= 15 is 0 Å². The molecule has 3 N–H and O–H groups in total. The molecule has 0 atom stereocenters. The maximum Gasteiger partial charge on any atom is 0.335 e. The number of aromatic amines is 1. The van der Waals surface area contributed by atoms with Crippen LogP contribution < -0.4 is 10.1 Å². The fourth-order valence-corrected chi connectivity index (χ4v) is 2.15. The van der Waals surface area contributed by atoms with Crippen LogP contribution in [0.25, 0.3) is 11.3 Å². The molecule has 0 aliphatic carbocycles. The lowest BCUT2D eigenvalue weighted by atomic mass is 10.1. The van der Waals surface area contributed by atoms with E-state index in [1.54, 1.807) is 31.4 Å². The highest BCUT2D eigenvalue weighted by Crippen LogP contribution is 2.24. The van der Waals surface area contributed by atoms with Gasteiger partial charge in [-0.15, -0.1) is 0 Å². The molecule has 6 nitrogen and oxygen atoms in total. The van der Waals surface area contributed by atoms with Crippen molar-refractivity contribution in [3.63, 3.8) is 0 Å². The van der Waals surface area contributed by atoms with Crippen molar-refractivity contribution < 1.29 is 14.6 Å². The zero-order valence-electron chi connectivity index (χ0n) is 12.4. The highest BCUT2D eigenvalue weighted by atomic mass is 16.5. The van der Waals surface area contributed by atoms with Gasteiger partial charge in [-0.05, 0) is 54.1 Å². The van der Waals surface area contributed by atoms with E-state index in [0.717, 1.165) is 22.7 Å². The number of aromatic carboxylic acids is 1. The smallest absolute Gasteiger partial charge is 0.335 e. The third-order valence-electron chi connectivity index (χ3n) is 3.38. The molecule has 0 fully saturated rings. The average Bonchev–Trinajstić information content (AvgIpc) is 3.04. The normalized spacial score (nSPS) is 10.3. The van der Waals surface area contributed by atoms with E-state index in [1.165, 1.54) is 0 Å². The molecule has 3 rings (SSSR count). The van der Waals surface area contributed by atoms with Gasteiger partial charge in [0.2, 0.25) is 0 Å². The maximum atomic E-state index is 10.8. The van der Waals surface area contributed by atoms with Gasteiger partial charge >= 0.3 is 5.97 Å². The van der Waals surface area contributed by atoms with E-state index < -0.39 is 5.97 Å². The minimum absolute atomic E-state index is 0.247. The van der Waals surface area contributed by atoms with Crippen molar-refractivity contribution in [3.8, 4) is 17.0 Å². The number of carboxylic acids is 1. The molecule has 23 heavy (non-hydrogen) atoms. The molecule has 0 unspecified atom stereocenters. The topological polar surface area (TPSA) is 87.2 Å². The van der Waals surface area contributed by atoms with Gasteiger partial charge in [0.1, 0.15) is 5.75 Å². The predicted molar refractivity (Wildman–Crippen MR) is 87.3 cm³/mol. The Bertz CT molecular complexity index is 808. The van der Waals surface area contributed by atoms with Crippen LogP contribution in [-0.2, 0) is 0 Å². The Labute approximate surface area is 132 Å². The molecule has 3 aromatic rings. The first-order chi connectivity index (χ1) is 11.2. The van der Waals surface area contributed by atoms with Gasteiger partial charge in [-0.2, -0.15) is 5.10 Å². The van der Waals surface area contributed by atoms with Crippen molar-refractivity contribution in [1.29, 1.82) is 0 Å². The molecule has 1 aromatic heterocycles. The molecule has 0 spiro atoms. The minimum Gasteiger partial charge on any atom is -0.497 e. The first-order valence-corrected chi connectivity index (χ1v) is 6.96. The molecule has 0 aliphatic rings. The third-order valence-corrected chi connectivity index (χ3v) is 3.38. The molecular formula is C17H15N3O3. The van der Waals surface area contributed by atoms with Crippen LogP contribution in [0.2, 0.25) is 0 Å². The number of hydrogen-bond acceptors (Lipinski definition) is 4. The number of carboxylic acid groups (broad SMARTS) is 1. The molecule has 2 aromatic carbocycles. The second-order valence-corrected chi connectivity index (χ2v) is 4.90. The summed E-state index contributed by atoms with van der Waals surface area (Å²) >= 11 is 0. The number of rotatable bonds is 5. The first-order valence-electron chi connectivity index (χ1n) is 6.96. The highest BCUT2D eigenvalue weighted by molar-refractivity contribution is 5.88. The lowest BCUT2D eigenvalue weighted by Gasteiger charge is -2.02. The zero-order chi connectivity index (χ0) is 16.2. The van der Waals surface area contributed by atoms with E-state index in [2.05, 4.69) is 15.5 Å². The number of nitrogens with zero attached hydrogens (tertiary/aromatic N) is 1. The number of ether oxygens (including phenoxy) is 1. The summed E-state index contributed by atoms with van der Waals surface area (Å²) in [5.74, 6) is 0.502. The molecular weight excluding hydrogens is 294 g/mol.